The summed E-state index contributed by atoms with van der Waals surface area (Å²) in [5, 5.41) is 9.87. The smallest absolute Gasteiger partial charge is 0.336 e. The molecular weight excluding hydrogens is 280 g/mol. The van der Waals surface area contributed by atoms with Crippen LogP contribution in [-0.2, 0) is 0 Å². The lowest BCUT2D eigenvalue weighted by molar-refractivity contribution is 0.0699. The SMILES string of the molecule is NC1CC1.O=C(O)c1cc(-c2ccco2)nc2ccccc12. The maximum absolute atomic E-state index is 11.3. The van der Waals surface area contributed by atoms with Crippen LogP contribution in [0.15, 0.2) is 53.1 Å². The highest BCUT2D eigenvalue weighted by atomic mass is 16.4. The van der Waals surface area contributed by atoms with Crippen LogP contribution < -0.4 is 5.73 Å². The standard InChI is InChI=1S/C14H9NO3.C3H7N/c16-14(17)10-8-12(13-6-3-7-18-13)15-11-5-2-1-4-9(10)11;4-3-1-2-3/h1-8H,(H,16,17);3H,1-2,4H2. The number of para-hydroxylation sites is 1. The molecule has 5 heteroatoms. The minimum atomic E-state index is -0.971. The first-order valence-electron chi connectivity index (χ1n) is 7.07. The Kier molecular flexibility index (Phi) is 3.89. The van der Waals surface area contributed by atoms with Gasteiger partial charge in [0.1, 0.15) is 5.69 Å². The van der Waals surface area contributed by atoms with Crippen LogP contribution in [0.1, 0.15) is 23.2 Å². The monoisotopic (exact) mass is 296 g/mol. The van der Waals surface area contributed by atoms with Crippen molar-refractivity contribution in [2.75, 3.05) is 0 Å². The zero-order valence-corrected chi connectivity index (χ0v) is 11.9. The number of furan rings is 1. The summed E-state index contributed by atoms with van der Waals surface area (Å²) < 4.78 is 5.25. The van der Waals surface area contributed by atoms with E-state index < -0.39 is 5.97 Å². The molecule has 1 aliphatic rings. The number of carboxylic acid groups (broad SMARTS) is 1. The summed E-state index contributed by atoms with van der Waals surface area (Å²) in [5.41, 5.74) is 6.62. The average molecular weight is 296 g/mol. The maximum atomic E-state index is 11.3. The minimum Gasteiger partial charge on any atom is -0.478 e. The number of carboxylic acids is 1. The fraction of sp³-hybridized carbons (Fsp3) is 0.176. The zero-order chi connectivity index (χ0) is 15.5. The van der Waals surface area contributed by atoms with Gasteiger partial charge in [-0.2, -0.15) is 0 Å². The third-order valence-electron chi connectivity index (χ3n) is 3.34. The van der Waals surface area contributed by atoms with Gasteiger partial charge in [0.2, 0.25) is 0 Å². The van der Waals surface area contributed by atoms with Crippen molar-refractivity contribution in [2.45, 2.75) is 18.9 Å². The van der Waals surface area contributed by atoms with Crippen molar-refractivity contribution >= 4 is 16.9 Å². The largest absolute Gasteiger partial charge is 0.478 e. The first-order valence-corrected chi connectivity index (χ1v) is 7.07. The van der Waals surface area contributed by atoms with E-state index in [0.29, 0.717) is 28.4 Å². The van der Waals surface area contributed by atoms with Gasteiger partial charge in [0.15, 0.2) is 5.76 Å². The second kappa shape index (κ2) is 5.99. The van der Waals surface area contributed by atoms with E-state index in [2.05, 4.69) is 4.98 Å². The molecule has 0 atom stereocenters. The number of rotatable bonds is 2. The average Bonchev–Trinajstić information content (AvgIpc) is 3.12. The molecule has 112 valence electrons. The summed E-state index contributed by atoms with van der Waals surface area (Å²) in [6.07, 6.45) is 4.06. The van der Waals surface area contributed by atoms with Crippen LogP contribution >= 0.6 is 0 Å². The number of hydrogen-bond acceptors (Lipinski definition) is 4. The van der Waals surface area contributed by atoms with E-state index in [4.69, 9.17) is 10.2 Å². The molecule has 0 amide bonds. The summed E-state index contributed by atoms with van der Waals surface area (Å²) >= 11 is 0. The van der Waals surface area contributed by atoms with Crippen LogP contribution in [0.2, 0.25) is 0 Å². The lowest BCUT2D eigenvalue weighted by atomic mass is 10.1. The summed E-state index contributed by atoms with van der Waals surface area (Å²) in [6, 6.07) is 12.8. The highest BCUT2D eigenvalue weighted by molar-refractivity contribution is 6.03. The van der Waals surface area contributed by atoms with Crippen molar-refractivity contribution in [3.8, 4) is 11.5 Å². The molecule has 4 rings (SSSR count). The number of aromatic nitrogens is 1. The van der Waals surface area contributed by atoms with Crippen molar-refractivity contribution in [1.82, 2.24) is 4.98 Å². The highest BCUT2D eigenvalue weighted by Crippen LogP contribution is 2.25. The van der Waals surface area contributed by atoms with Gasteiger partial charge in [0, 0.05) is 11.4 Å². The van der Waals surface area contributed by atoms with Crippen LogP contribution in [0.25, 0.3) is 22.4 Å². The minimum absolute atomic E-state index is 0.229. The number of carbonyl (C=O) groups is 1. The third kappa shape index (κ3) is 3.15. The fourth-order valence-electron chi connectivity index (χ4n) is 2.00. The molecule has 1 fully saturated rings. The third-order valence-corrected chi connectivity index (χ3v) is 3.34. The normalized spacial score (nSPS) is 13.5. The van der Waals surface area contributed by atoms with E-state index in [-0.39, 0.29) is 5.56 Å². The van der Waals surface area contributed by atoms with E-state index in [1.54, 1.807) is 30.3 Å². The predicted octanol–water partition coefficient (Wildman–Crippen LogP) is 3.30. The summed E-state index contributed by atoms with van der Waals surface area (Å²) in [5.74, 6) is -0.412. The van der Waals surface area contributed by atoms with Gasteiger partial charge in [0.05, 0.1) is 17.3 Å². The Morgan fingerprint density at radius 2 is 1.95 bits per heavy atom. The van der Waals surface area contributed by atoms with Gasteiger partial charge in [0.25, 0.3) is 0 Å². The molecule has 0 bridgehead atoms. The summed E-state index contributed by atoms with van der Waals surface area (Å²) in [4.78, 5) is 15.7. The molecule has 1 aliphatic carbocycles. The van der Waals surface area contributed by atoms with Crippen molar-refractivity contribution in [2.24, 2.45) is 5.73 Å². The second-order valence-electron chi connectivity index (χ2n) is 5.19. The Hall–Kier alpha value is -2.66. The van der Waals surface area contributed by atoms with Gasteiger partial charge in [-0.1, -0.05) is 18.2 Å². The quantitative estimate of drug-likeness (QED) is 0.757. The first kappa shape index (κ1) is 14.3. The number of nitrogens with zero attached hydrogens (tertiary/aromatic N) is 1. The summed E-state index contributed by atoms with van der Waals surface area (Å²) in [7, 11) is 0. The zero-order valence-electron chi connectivity index (χ0n) is 11.9. The van der Waals surface area contributed by atoms with Crippen molar-refractivity contribution < 1.29 is 14.3 Å². The molecule has 22 heavy (non-hydrogen) atoms. The number of hydrogen-bond donors (Lipinski definition) is 2. The first-order chi connectivity index (χ1) is 10.6. The van der Waals surface area contributed by atoms with Crippen LogP contribution in [0.4, 0.5) is 0 Å². The summed E-state index contributed by atoms with van der Waals surface area (Å²) in [6.45, 7) is 0. The van der Waals surface area contributed by atoms with Gasteiger partial charge in [-0.05, 0) is 37.1 Å². The van der Waals surface area contributed by atoms with Gasteiger partial charge in [-0.3, -0.25) is 0 Å². The number of pyridine rings is 1. The molecule has 1 saturated carbocycles. The Labute approximate surface area is 127 Å². The Balaban J connectivity index is 0.000000313. The second-order valence-corrected chi connectivity index (χ2v) is 5.19. The number of nitrogens with two attached hydrogens (primary N) is 1. The van der Waals surface area contributed by atoms with Gasteiger partial charge in [-0.15, -0.1) is 0 Å². The molecular formula is C17H16N2O3. The molecule has 2 aromatic heterocycles. The number of fused-ring (bicyclic) bond motifs is 1. The Morgan fingerprint density at radius 3 is 2.55 bits per heavy atom. The molecule has 1 aromatic carbocycles. The molecule has 0 aliphatic heterocycles. The van der Waals surface area contributed by atoms with E-state index in [1.165, 1.54) is 25.2 Å². The van der Waals surface area contributed by atoms with Gasteiger partial charge in [-0.25, -0.2) is 9.78 Å². The van der Waals surface area contributed by atoms with E-state index in [9.17, 15) is 9.90 Å². The van der Waals surface area contributed by atoms with E-state index in [0.717, 1.165) is 0 Å². The van der Waals surface area contributed by atoms with Gasteiger partial charge >= 0.3 is 5.97 Å². The molecule has 0 saturated heterocycles. The van der Waals surface area contributed by atoms with E-state index >= 15 is 0 Å². The number of aromatic carboxylic acids is 1. The maximum Gasteiger partial charge on any atom is 0.336 e. The van der Waals surface area contributed by atoms with Crippen molar-refractivity contribution in [3.63, 3.8) is 0 Å². The van der Waals surface area contributed by atoms with Crippen molar-refractivity contribution in [3.05, 3.63) is 54.3 Å². The fourth-order valence-corrected chi connectivity index (χ4v) is 2.00. The molecule has 0 radical (unpaired) electrons. The van der Waals surface area contributed by atoms with E-state index in [1.807, 2.05) is 6.07 Å². The molecule has 2 heterocycles. The molecule has 3 aromatic rings. The molecule has 0 spiro atoms. The van der Waals surface area contributed by atoms with Crippen LogP contribution in [0, 0.1) is 0 Å². The van der Waals surface area contributed by atoms with Crippen LogP contribution in [0.3, 0.4) is 0 Å². The molecule has 5 nitrogen and oxygen atoms in total. The molecule has 3 N–H and O–H groups in total. The molecule has 0 unspecified atom stereocenters. The van der Waals surface area contributed by atoms with Crippen LogP contribution in [-0.4, -0.2) is 22.1 Å². The predicted molar refractivity (Wildman–Crippen MR) is 83.6 cm³/mol. The van der Waals surface area contributed by atoms with Gasteiger partial charge < -0.3 is 15.3 Å². The van der Waals surface area contributed by atoms with Crippen LogP contribution in [0.5, 0.6) is 0 Å². The Bertz CT molecular complexity index is 793. The highest BCUT2D eigenvalue weighted by Gasteiger charge is 2.14. The number of benzene rings is 1. The lowest BCUT2D eigenvalue weighted by Gasteiger charge is -2.04. The lowest BCUT2D eigenvalue weighted by Crippen LogP contribution is -1.99. The topological polar surface area (TPSA) is 89.4 Å². The van der Waals surface area contributed by atoms with Crippen molar-refractivity contribution in [1.29, 1.82) is 0 Å². The Morgan fingerprint density at radius 1 is 1.23 bits per heavy atom.